The monoisotopic (exact) mass is 386 g/mol. The maximum atomic E-state index is 12.6. The van der Waals surface area contributed by atoms with Crippen LogP contribution < -0.4 is 10.9 Å². The number of hydrogen-bond donors (Lipinski definition) is 1. The summed E-state index contributed by atoms with van der Waals surface area (Å²) in [6.45, 7) is 2.01. The number of likely N-dealkylation sites (tertiary alicyclic amines) is 1. The molecule has 0 radical (unpaired) electrons. The second kappa shape index (κ2) is 7.64. The van der Waals surface area contributed by atoms with E-state index in [1.165, 1.54) is 10.2 Å². The number of aryl methyl sites for hydroxylation is 1. The summed E-state index contributed by atoms with van der Waals surface area (Å²) in [5.74, 6) is 1.42. The minimum Gasteiger partial charge on any atom is -0.379 e. The van der Waals surface area contributed by atoms with Gasteiger partial charge in [0, 0.05) is 37.6 Å². The largest absolute Gasteiger partial charge is 0.379 e. The SMILES string of the molecule is CN1C[C@H](Nc2cnn(C)c(=O)c2C2CC2)C[C@H](c2ccc(CCl)cc2)C1. The number of piperidine rings is 1. The van der Waals surface area contributed by atoms with Crippen LogP contribution in [0.25, 0.3) is 0 Å². The van der Waals surface area contributed by atoms with Crippen LogP contribution in [0.15, 0.2) is 35.3 Å². The van der Waals surface area contributed by atoms with Gasteiger partial charge in [-0.3, -0.25) is 4.79 Å². The Hall–Kier alpha value is -1.85. The van der Waals surface area contributed by atoms with Crippen molar-refractivity contribution in [2.24, 2.45) is 7.05 Å². The molecule has 4 rings (SSSR count). The van der Waals surface area contributed by atoms with Crippen LogP contribution >= 0.6 is 11.6 Å². The first kappa shape index (κ1) is 18.5. The van der Waals surface area contributed by atoms with E-state index in [2.05, 4.69) is 46.6 Å². The van der Waals surface area contributed by atoms with Gasteiger partial charge in [0.15, 0.2) is 0 Å². The van der Waals surface area contributed by atoms with E-state index in [-0.39, 0.29) is 5.56 Å². The number of rotatable bonds is 5. The van der Waals surface area contributed by atoms with Crippen molar-refractivity contribution in [1.82, 2.24) is 14.7 Å². The number of nitrogens with one attached hydrogen (secondary N) is 1. The van der Waals surface area contributed by atoms with E-state index in [4.69, 9.17) is 11.6 Å². The van der Waals surface area contributed by atoms with Crippen LogP contribution in [0, 0.1) is 0 Å². The maximum Gasteiger partial charge on any atom is 0.272 e. The third-order valence-corrected chi connectivity index (χ3v) is 6.07. The smallest absolute Gasteiger partial charge is 0.272 e. The summed E-state index contributed by atoms with van der Waals surface area (Å²) in [5.41, 5.74) is 4.40. The Kier molecular flexibility index (Phi) is 5.24. The summed E-state index contributed by atoms with van der Waals surface area (Å²) in [6.07, 6.45) is 5.08. The van der Waals surface area contributed by atoms with Crippen LogP contribution in [0.5, 0.6) is 0 Å². The van der Waals surface area contributed by atoms with Crippen LogP contribution in [0.3, 0.4) is 0 Å². The lowest BCUT2D eigenvalue weighted by atomic mass is 9.87. The summed E-state index contributed by atoms with van der Waals surface area (Å²) in [5, 5.41) is 7.90. The molecule has 2 fully saturated rings. The molecule has 1 aromatic heterocycles. The van der Waals surface area contributed by atoms with E-state index >= 15 is 0 Å². The molecule has 2 aliphatic rings. The molecular formula is C21H27ClN4O. The summed E-state index contributed by atoms with van der Waals surface area (Å²) >= 11 is 5.92. The van der Waals surface area contributed by atoms with Gasteiger partial charge in [-0.2, -0.15) is 5.10 Å². The first-order chi connectivity index (χ1) is 13.0. The van der Waals surface area contributed by atoms with E-state index in [1.807, 2.05) is 6.20 Å². The number of nitrogens with zero attached hydrogens (tertiary/aromatic N) is 3. The summed E-state index contributed by atoms with van der Waals surface area (Å²) in [7, 11) is 3.89. The van der Waals surface area contributed by atoms with Crippen molar-refractivity contribution < 1.29 is 0 Å². The van der Waals surface area contributed by atoms with Crippen molar-refractivity contribution in [1.29, 1.82) is 0 Å². The molecule has 6 heteroatoms. The molecule has 27 heavy (non-hydrogen) atoms. The second-order valence-corrected chi connectivity index (χ2v) is 8.31. The molecule has 0 spiro atoms. The molecule has 2 heterocycles. The average molecular weight is 387 g/mol. The second-order valence-electron chi connectivity index (χ2n) is 8.05. The van der Waals surface area contributed by atoms with Gasteiger partial charge in [-0.25, -0.2) is 4.68 Å². The molecule has 1 N–H and O–H groups in total. The zero-order valence-electron chi connectivity index (χ0n) is 16.0. The van der Waals surface area contributed by atoms with Crippen LogP contribution in [-0.4, -0.2) is 40.9 Å². The van der Waals surface area contributed by atoms with Gasteiger partial charge in [0.25, 0.3) is 5.56 Å². The Balaban J connectivity index is 1.54. The van der Waals surface area contributed by atoms with Crippen molar-refractivity contribution in [3.63, 3.8) is 0 Å². The predicted molar refractivity (Wildman–Crippen MR) is 110 cm³/mol. The Morgan fingerprint density at radius 2 is 1.89 bits per heavy atom. The first-order valence-electron chi connectivity index (χ1n) is 9.71. The number of hydrogen-bond acceptors (Lipinski definition) is 4. The zero-order valence-corrected chi connectivity index (χ0v) is 16.7. The molecule has 1 aromatic carbocycles. The highest BCUT2D eigenvalue weighted by Crippen LogP contribution is 2.41. The van der Waals surface area contributed by atoms with E-state index in [0.717, 1.165) is 49.2 Å². The highest BCUT2D eigenvalue weighted by atomic mass is 35.5. The van der Waals surface area contributed by atoms with Crippen molar-refractivity contribution in [2.45, 2.75) is 43.0 Å². The van der Waals surface area contributed by atoms with Gasteiger partial charge in [0.2, 0.25) is 0 Å². The average Bonchev–Trinajstić information content (AvgIpc) is 3.49. The van der Waals surface area contributed by atoms with Gasteiger partial charge in [-0.05, 0) is 49.3 Å². The van der Waals surface area contributed by atoms with Crippen molar-refractivity contribution in [3.8, 4) is 0 Å². The van der Waals surface area contributed by atoms with Crippen molar-refractivity contribution >= 4 is 17.3 Å². The van der Waals surface area contributed by atoms with Gasteiger partial charge < -0.3 is 10.2 Å². The molecular weight excluding hydrogens is 360 g/mol. The third-order valence-electron chi connectivity index (χ3n) is 5.76. The molecule has 2 atom stereocenters. The van der Waals surface area contributed by atoms with E-state index in [1.54, 1.807) is 7.05 Å². The molecule has 2 aromatic rings. The molecule has 1 saturated heterocycles. The van der Waals surface area contributed by atoms with Gasteiger partial charge in [-0.1, -0.05) is 24.3 Å². The number of alkyl halides is 1. The van der Waals surface area contributed by atoms with Gasteiger partial charge in [-0.15, -0.1) is 11.6 Å². The highest BCUT2D eigenvalue weighted by Gasteiger charge is 2.32. The van der Waals surface area contributed by atoms with Crippen LogP contribution in [-0.2, 0) is 12.9 Å². The normalized spacial score (nSPS) is 23.4. The molecule has 1 saturated carbocycles. The fourth-order valence-electron chi connectivity index (χ4n) is 4.20. The lowest BCUT2D eigenvalue weighted by molar-refractivity contribution is 0.235. The number of likely N-dealkylation sites (N-methyl/N-ethyl adjacent to an activating group) is 1. The van der Waals surface area contributed by atoms with Crippen LogP contribution in [0.1, 0.15) is 47.8 Å². The Labute approximate surface area is 165 Å². The standard InChI is InChI=1S/C21H27ClN4O/c1-25-12-17(15-5-3-14(10-22)4-6-15)9-18(13-25)24-19-11-23-26(2)21(27)20(19)16-7-8-16/h3-6,11,16-18,24H,7-10,12-13H2,1-2H3/t17-,18+/m0/s1. The highest BCUT2D eigenvalue weighted by molar-refractivity contribution is 6.17. The molecule has 0 unspecified atom stereocenters. The van der Waals surface area contributed by atoms with Gasteiger partial charge in [0.1, 0.15) is 0 Å². The fraction of sp³-hybridized carbons (Fsp3) is 0.524. The number of aromatic nitrogens is 2. The summed E-state index contributed by atoms with van der Waals surface area (Å²) in [4.78, 5) is 14.9. The number of halogens is 1. The quantitative estimate of drug-likeness (QED) is 0.801. The Morgan fingerprint density at radius 3 is 2.56 bits per heavy atom. The zero-order chi connectivity index (χ0) is 19.0. The molecule has 5 nitrogen and oxygen atoms in total. The maximum absolute atomic E-state index is 12.6. The Bertz CT molecular complexity index is 859. The topological polar surface area (TPSA) is 50.2 Å². The molecule has 144 valence electrons. The minimum atomic E-state index is 0.0416. The summed E-state index contributed by atoms with van der Waals surface area (Å²) in [6, 6.07) is 8.94. The van der Waals surface area contributed by atoms with E-state index in [9.17, 15) is 4.79 Å². The lowest BCUT2D eigenvalue weighted by Gasteiger charge is -2.37. The molecule has 0 amide bonds. The molecule has 0 bridgehead atoms. The van der Waals surface area contributed by atoms with Crippen LogP contribution in [0.4, 0.5) is 5.69 Å². The third kappa shape index (κ3) is 4.04. The minimum absolute atomic E-state index is 0.0416. The van der Waals surface area contributed by atoms with Crippen molar-refractivity contribution in [3.05, 3.63) is 57.5 Å². The van der Waals surface area contributed by atoms with Crippen molar-refractivity contribution in [2.75, 3.05) is 25.5 Å². The molecule has 1 aliphatic heterocycles. The first-order valence-corrected chi connectivity index (χ1v) is 10.2. The Morgan fingerprint density at radius 1 is 1.15 bits per heavy atom. The number of anilines is 1. The lowest BCUT2D eigenvalue weighted by Crippen LogP contribution is -2.44. The fourth-order valence-corrected chi connectivity index (χ4v) is 4.38. The van der Waals surface area contributed by atoms with E-state index < -0.39 is 0 Å². The molecule has 1 aliphatic carbocycles. The summed E-state index contributed by atoms with van der Waals surface area (Å²) < 4.78 is 1.45. The van der Waals surface area contributed by atoms with Gasteiger partial charge in [0.05, 0.1) is 11.9 Å². The predicted octanol–water partition coefficient (Wildman–Crippen LogP) is 3.30. The van der Waals surface area contributed by atoms with Gasteiger partial charge >= 0.3 is 0 Å². The van der Waals surface area contributed by atoms with Crippen LogP contribution in [0.2, 0.25) is 0 Å². The van der Waals surface area contributed by atoms with E-state index in [0.29, 0.717) is 23.8 Å². The number of benzene rings is 1.